The van der Waals surface area contributed by atoms with Crippen molar-refractivity contribution in [3.63, 3.8) is 0 Å². The van der Waals surface area contributed by atoms with E-state index in [1.165, 1.54) is 0 Å². The number of ether oxygens (including phenoxy) is 2. The fraction of sp³-hybridized carbons (Fsp3) is 0.333. The van der Waals surface area contributed by atoms with E-state index in [9.17, 15) is 9.59 Å². The number of carbonyl (C=O) groups excluding carboxylic acids is 2. The van der Waals surface area contributed by atoms with E-state index in [-0.39, 0.29) is 6.61 Å². The van der Waals surface area contributed by atoms with E-state index in [0.29, 0.717) is 16.5 Å². The van der Waals surface area contributed by atoms with Gasteiger partial charge in [-0.3, -0.25) is 4.79 Å². The number of halogens is 1. The predicted octanol–water partition coefficient (Wildman–Crippen LogP) is 4.44. The van der Waals surface area contributed by atoms with Crippen molar-refractivity contribution in [2.24, 2.45) is 0 Å². The first-order valence-electron chi connectivity index (χ1n) is 8.60. The molecule has 5 nitrogen and oxygen atoms in total. The average Bonchev–Trinajstić information content (AvgIpc) is 2.55. The molecule has 0 radical (unpaired) electrons. The Labute approximate surface area is 164 Å². The molecule has 0 aromatic heterocycles. The third kappa shape index (κ3) is 5.73. The Kier molecular flexibility index (Phi) is 6.86. The lowest BCUT2D eigenvalue weighted by Gasteiger charge is -2.13. The lowest BCUT2D eigenvalue weighted by molar-refractivity contribution is -0.149. The SMILES string of the molecule is Cc1cc(C)c(OCC(=O)OCC(=O)Nc2c(C)cc(C)cc2Cl)c(C)c1. The number of amides is 1. The van der Waals surface area contributed by atoms with Crippen molar-refractivity contribution in [1.29, 1.82) is 0 Å². The van der Waals surface area contributed by atoms with Crippen molar-refractivity contribution in [3.8, 4) is 5.75 Å². The van der Waals surface area contributed by atoms with Gasteiger partial charge in [0.15, 0.2) is 13.2 Å². The maximum absolute atomic E-state index is 12.0. The highest BCUT2D eigenvalue weighted by Gasteiger charge is 2.13. The molecule has 0 atom stereocenters. The normalized spacial score (nSPS) is 10.4. The number of esters is 1. The third-order valence-corrected chi connectivity index (χ3v) is 4.30. The summed E-state index contributed by atoms with van der Waals surface area (Å²) in [6, 6.07) is 7.63. The molecule has 27 heavy (non-hydrogen) atoms. The lowest BCUT2D eigenvalue weighted by Crippen LogP contribution is -2.24. The molecule has 0 heterocycles. The van der Waals surface area contributed by atoms with E-state index in [4.69, 9.17) is 21.1 Å². The van der Waals surface area contributed by atoms with Crippen LogP contribution in [-0.2, 0) is 14.3 Å². The molecule has 0 aliphatic carbocycles. The van der Waals surface area contributed by atoms with Gasteiger partial charge in [0.25, 0.3) is 5.91 Å². The van der Waals surface area contributed by atoms with Gasteiger partial charge in [0, 0.05) is 0 Å². The first-order valence-corrected chi connectivity index (χ1v) is 8.98. The van der Waals surface area contributed by atoms with Gasteiger partial charge in [-0.15, -0.1) is 0 Å². The minimum absolute atomic E-state index is 0.262. The molecule has 0 aliphatic heterocycles. The summed E-state index contributed by atoms with van der Waals surface area (Å²) in [7, 11) is 0. The smallest absolute Gasteiger partial charge is 0.344 e. The number of aryl methyl sites for hydroxylation is 5. The fourth-order valence-electron chi connectivity index (χ4n) is 2.96. The Balaban J connectivity index is 1.86. The number of benzene rings is 2. The molecular weight excluding hydrogens is 366 g/mol. The molecule has 0 aliphatic rings. The predicted molar refractivity (Wildman–Crippen MR) is 107 cm³/mol. The number of hydrogen-bond donors (Lipinski definition) is 1. The second-order valence-electron chi connectivity index (χ2n) is 6.66. The molecule has 0 saturated heterocycles. The zero-order valence-electron chi connectivity index (χ0n) is 16.2. The molecule has 0 spiro atoms. The van der Waals surface area contributed by atoms with Crippen molar-refractivity contribution in [1.82, 2.24) is 0 Å². The molecular formula is C21H24ClNO4. The average molecular weight is 390 g/mol. The van der Waals surface area contributed by atoms with Gasteiger partial charge in [-0.2, -0.15) is 0 Å². The highest BCUT2D eigenvalue weighted by atomic mass is 35.5. The van der Waals surface area contributed by atoms with Crippen LogP contribution in [0.4, 0.5) is 5.69 Å². The minimum Gasteiger partial charge on any atom is -0.481 e. The van der Waals surface area contributed by atoms with Crippen LogP contribution >= 0.6 is 11.6 Å². The van der Waals surface area contributed by atoms with E-state index in [2.05, 4.69) is 5.32 Å². The molecule has 2 aromatic carbocycles. The Morgan fingerprint density at radius 1 is 0.889 bits per heavy atom. The summed E-state index contributed by atoms with van der Waals surface area (Å²) in [4.78, 5) is 23.9. The van der Waals surface area contributed by atoms with Crippen LogP contribution in [-0.4, -0.2) is 25.1 Å². The van der Waals surface area contributed by atoms with Crippen LogP contribution in [0.25, 0.3) is 0 Å². The molecule has 2 aromatic rings. The van der Waals surface area contributed by atoms with E-state index in [1.54, 1.807) is 6.07 Å². The lowest BCUT2D eigenvalue weighted by atomic mass is 10.1. The van der Waals surface area contributed by atoms with Crippen LogP contribution in [0.2, 0.25) is 5.02 Å². The molecule has 0 fully saturated rings. The standard InChI is InChI=1S/C21H24ClNO4/c1-12-7-15(4)21(16(5)8-12)27-11-19(25)26-10-18(24)23-20-14(3)6-13(2)9-17(20)22/h6-9H,10-11H2,1-5H3,(H,23,24). The molecule has 0 bridgehead atoms. The Morgan fingerprint density at radius 3 is 2.04 bits per heavy atom. The van der Waals surface area contributed by atoms with Gasteiger partial charge in [-0.1, -0.05) is 35.4 Å². The van der Waals surface area contributed by atoms with Gasteiger partial charge in [-0.25, -0.2) is 4.79 Å². The van der Waals surface area contributed by atoms with Gasteiger partial charge < -0.3 is 14.8 Å². The number of anilines is 1. The zero-order chi connectivity index (χ0) is 20.1. The summed E-state index contributed by atoms with van der Waals surface area (Å²) in [6.07, 6.45) is 0. The number of hydrogen-bond acceptors (Lipinski definition) is 4. The molecule has 1 amide bonds. The maximum atomic E-state index is 12.0. The maximum Gasteiger partial charge on any atom is 0.344 e. The Hall–Kier alpha value is -2.53. The zero-order valence-corrected chi connectivity index (χ0v) is 17.0. The van der Waals surface area contributed by atoms with Crippen LogP contribution in [0.5, 0.6) is 5.75 Å². The monoisotopic (exact) mass is 389 g/mol. The summed E-state index contributed by atoms with van der Waals surface area (Å²) in [5, 5.41) is 3.12. The van der Waals surface area contributed by atoms with Crippen molar-refractivity contribution in [2.45, 2.75) is 34.6 Å². The van der Waals surface area contributed by atoms with Gasteiger partial charge in [-0.05, 0) is 62.9 Å². The van der Waals surface area contributed by atoms with Crippen LogP contribution < -0.4 is 10.1 Å². The minimum atomic E-state index is -0.615. The van der Waals surface area contributed by atoms with Crippen LogP contribution in [0.3, 0.4) is 0 Å². The summed E-state index contributed by atoms with van der Waals surface area (Å²) in [5.74, 6) is -0.416. The fourth-order valence-corrected chi connectivity index (χ4v) is 3.33. The van der Waals surface area contributed by atoms with E-state index in [0.717, 1.165) is 27.8 Å². The number of nitrogens with one attached hydrogen (secondary N) is 1. The van der Waals surface area contributed by atoms with Crippen LogP contribution in [0.1, 0.15) is 27.8 Å². The first kappa shape index (κ1) is 20.8. The van der Waals surface area contributed by atoms with E-state index < -0.39 is 18.5 Å². The largest absolute Gasteiger partial charge is 0.481 e. The van der Waals surface area contributed by atoms with Gasteiger partial charge in [0.1, 0.15) is 5.75 Å². The summed E-state index contributed by atoms with van der Waals surface area (Å²) >= 11 is 6.16. The number of rotatable bonds is 6. The van der Waals surface area contributed by atoms with Gasteiger partial charge in [0.05, 0.1) is 10.7 Å². The summed E-state index contributed by atoms with van der Waals surface area (Å²) in [6.45, 7) is 8.94. The molecule has 144 valence electrons. The molecule has 0 unspecified atom stereocenters. The quantitative estimate of drug-likeness (QED) is 0.741. The second kappa shape index (κ2) is 8.91. The molecule has 6 heteroatoms. The summed E-state index contributed by atoms with van der Waals surface area (Å²) in [5.41, 5.74) is 5.38. The Morgan fingerprint density at radius 2 is 1.44 bits per heavy atom. The molecule has 2 rings (SSSR count). The van der Waals surface area contributed by atoms with Crippen molar-refractivity contribution in [2.75, 3.05) is 18.5 Å². The van der Waals surface area contributed by atoms with Crippen molar-refractivity contribution >= 4 is 29.2 Å². The molecule has 1 N–H and O–H groups in total. The van der Waals surface area contributed by atoms with Crippen LogP contribution in [0.15, 0.2) is 24.3 Å². The van der Waals surface area contributed by atoms with E-state index >= 15 is 0 Å². The van der Waals surface area contributed by atoms with Gasteiger partial charge >= 0.3 is 5.97 Å². The molecule has 0 saturated carbocycles. The highest BCUT2D eigenvalue weighted by Crippen LogP contribution is 2.27. The number of carbonyl (C=O) groups is 2. The van der Waals surface area contributed by atoms with Crippen molar-refractivity contribution in [3.05, 3.63) is 57.1 Å². The van der Waals surface area contributed by atoms with Gasteiger partial charge in [0.2, 0.25) is 0 Å². The van der Waals surface area contributed by atoms with Crippen molar-refractivity contribution < 1.29 is 19.1 Å². The second-order valence-corrected chi connectivity index (χ2v) is 7.07. The van der Waals surface area contributed by atoms with Crippen LogP contribution in [0, 0.1) is 34.6 Å². The third-order valence-electron chi connectivity index (χ3n) is 4.00. The topological polar surface area (TPSA) is 64.6 Å². The summed E-state index contributed by atoms with van der Waals surface area (Å²) < 4.78 is 10.5. The highest BCUT2D eigenvalue weighted by molar-refractivity contribution is 6.34. The first-order chi connectivity index (χ1) is 12.7. The van der Waals surface area contributed by atoms with E-state index in [1.807, 2.05) is 52.8 Å². The Bertz CT molecular complexity index is 830.